The molecule has 0 aliphatic rings. The third-order valence-corrected chi connectivity index (χ3v) is 9.01. The van der Waals surface area contributed by atoms with Crippen LogP contribution in [0, 0.1) is 0 Å². The van der Waals surface area contributed by atoms with E-state index in [9.17, 15) is 0 Å². The van der Waals surface area contributed by atoms with Crippen LogP contribution >= 0.6 is 0 Å². The van der Waals surface area contributed by atoms with Crippen LogP contribution in [0.4, 0.5) is 0 Å². The molecule has 0 heterocycles. The van der Waals surface area contributed by atoms with Gasteiger partial charge in [0.2, 0.25) is 0 Å². The van der Waals surface area contributed by atoms with E-state index in [1.807, 2.05) is 0 Å². The number of hydrogen-bond acceptors (Lipinski definition) is 0. The van der Waals surface area contributed by atoms with E-state index in [0.717, 1.165) is 0 Å². The highest BCUT2D eigenvalue weighted by Crippen LogP contribution is 2.49. The van der Waals surface area contributed by atoms with E-state index in [1.54, 1.807) is 0 Å². The predicted molar refractivity (Wildman–Crippen MR) is 181 cm³/mol. The highest BCUT2D eigenvalue weighted by molar-refractivity contribution is 6.41. The van der Waals surface area contributed by atoms with Crippen LogP contribution in [0.5, 0.6) is 0 Å². The van der Waals surface area contributed by atoms with Crippen LogP contribution in [0.1, 0.15) is 0 Å². The van der Waals surface area contributed by atoms with Gasteiger partial charge in [0.15, 0.2) is 0 Å². The fourth-order valence-electron chi connectivity index (χ4n) is 7.31. The average Bonchev–Trinajstić information content (AvgIpc) is 3.07. The largest absolute Gasteiger partial charge is 0.0622 e. The highest BCUT2D eigenvalue weighted by atomic mass is 14.2. The van der Waals surface area contributed by atoms with Crippen LogP contribution in [0.2, 0.25) is 0 Å². The van der Waals surface area contributed by atoms with E-state index >= 15 is 0 Å². The van der Waals surface area contributed by atoms with Gasteiger partial charge in [-0.1, -0.05) is 158 Å². The topological polar surface area (TPSA) is 0 Å². The molecule has 0 radical (unpaired) electrons. The quantitative estimate of drug-likeness (QED) is 0.157. The molecule has 42 heavy (non-hydrogen) atoms. The van der Waals surface area contributed by atoms with Crippen molar-refractivity contribution in [3.8, 4) is 33.4 Å². The molecule has 0 atom stereocenters. The molecule has 0 bridgehead atoms. The second-order valence-electron chi connectivity index (χ2n) is 11.2. The smallest absolute Gasteiger partial charge is 0.00137 e. The van der Waals surface area contributed by atoms with E-state index < -0.39 is 0 Å². The molecule has 9 aromatic carbocycles. The Kier molecular flexibility index (Phi) is 5.00. The summed E-state index contributed by atoms with van der Waals surface area (Å²) in [6.07, 6.45) is 0. The predicted octanol–water partition coefficient (Wildman–Crippen LogP) is 11.9. The van der Waals surface area contributed by atoms with Crippen LogP contribution in [0.15, 0.2) is 158 Å². The van der Waals surface area contributed by atoms with Crippen molar-refractivity contribution in [2.45, 2.75) is 0 Å². The first-order valence-corrected chi connectivity index (χ1v) is 14.6. The maximum absolute atomic E-state index is 2.38. The molecule has 0 saturated heterocycles. The molecule has 9 aromatic rings. The fraction of sp³-hybridized carbons (Fsp3) is 0. The number of fused-ring (bicyclic) bond motifs is 4. The first-order chi connectivity index (χ1) is 20.9. The molecule has 0 aliphatic carbocycles. The molecular formula is C42H26. The molecule has 0 heteroatoms. The van der Waals surface area contributed by atoms with Crippen molar-refractivity contribution in [1.82, 2.24) is 0 Å². The van der Waals surface area contributed by atoms with Gasteiger partial charge in [-0.05, 0) is 87.2 Å². The van der Waals surface area contributed by atoms with Gasteiger partial charge in [-0.3, -0.25) is 0 Å². The normalized spacial score (nSPS) is 11.8. The minimum Gasteiger partial charge on any atom is -0.0622 e. The molecule has 0 saturated carbocycles. The minimum atomic E-state index is 1.24. The standard InChI is InChI=1S/C42H26/c1-3-13-27(14-4-1)29-17-7-8-18-30(29)31-25-26-38-40-32(31)21-11-22-34(40)36-23-12-24-37-39(28-15-5-2-6-16-28)33-19-9-10-20-35(33)42(38)41(36)37/h1-26H. The van der Waals surface area contributed by atoms with Crippen LogP contribution in [-0.4, -0.2) is 0 Å². The van der Waals surface area contributed by atoms with Crippen molar-refractivity contribution in [2.75, 3.05) is 0 Å². The molecule has 0 amide bonds. The molecule has 0 fully saturated rings. The Morgan fingerprint density at radius 2 is 0.714 bits per heavy atom. The Balaban J connectivity index is 1.47. The lowest BCUT2D eigenvalue weighted by molar-refractivity contribution is 1.60. The van der Waals surface area contributed by atoms with Gasteiger partial charge in [-0.25, -0.2) is 0 Å². The van der Waals surface area contributed by atoms with Crippen LogP contribution < -0.4 is 0 Å². The average molecular weight is 531 g/mol. The molecule has 0 nitrogen and oxygen atoms in total. The summed E-state index contributed by atoms with van der Waals surface area (Å²) < 4.78 is 0. The van der Waals surface area contributed by atoms with E-state index in [0.29, 0.717) is 0 Å². The molecule has 194 valence electrons. The molecule has 0 spiro atoms. The van der Waals surface area contributed by atoms with Crippen molar-refractivity contribution in [1.29, 1.82) is 0 Å². The third kappa shape index (κ3) is 3.24. The van der Waals surface area contributed by atoms with E-state index in [4.69, 9.17) is 0 Å². The van der Waals surface area contributed by atoms with Gasteiger partial charge < -0.3 is 0 Å². The van der Waals surface area contributed by atoms with Gasteiger partial charge >= 0.3 is 0 Å². The Labute approximate surface area is 244 Å². The lowest BCUT2D eigenvalue weighted by atomic mass is 9.82. The zero-order valence-corrected chi connectivity index (χ0v) is 23.0. The Morgan fingerprint density at radius 3 is 1.48 bits per heavy atom. The third-order valence-electron chi connectivity index (χ3n) is 9.01. The molecule has 9 rings (SSSR count). The van der Waals surface area contributed by atoms with Gasteiger partial charge in [-0.15, -0.1) is 0 Å². The zero-order valence-electron chi connectivity index (χ0n) is 23.0. The Bertz CT molecular complexity index is 2430. The zero-order chi connectivity index (χ0) is 27.6. The summed E-state index contributed by atoms with van der Waals surface area (Å²) in [5, 5.41) is 13.2. The molecule has 0 N–H and O–H groups in total. The number of benzene rings is 9. The summed E-state index contributed by atoms with van der Waals surface area (Å²) in [6.45, 7) is 0. The second kappa shape index (κ2) is 9.03. The van der Waals surface area contributed by atoms with Crippen molar-refractivity contribution in [3.05, 3.63) is 158 Å². The van der Waals surface area contributed by atoms with Gasteiger partial charge in [-0.2, -0.15) is 0 Å². The lowest BCUT2D eigenvalue weighted by Gasteiger charge is -2.21. The van der Waals surface area contributed by atoms with Crippen molar-refractivity contribution in [2.24, 2.45) is 0 Å². The van der Waals surface area contributed by atoms with E-state index in [2.05, 4.69) is 158 Å². The van der Waals surface area contributed by atoms with E-state index in [1.165, 1.54) is 87.2 Å². The monoisotopic (exact) mass is 530 g/mol. The summed E-state index contributed by atoms with van der Waals surface area (Å²) in [4.78, 5) is 0. The highest BCUT2D eigenvalue weighted by Gasteiger charge is 2.21. The summed E-state index contributed by atoms with van der Waals surface area (Å²) in [5.74, 6) is 0. The number of rotatable bonds is 3. The van der Waals surface area contributed by atoms with Gasteiger partial charge in [0.25, 0.3) is 0 Å². The van der Waals surface area contributed by atoms with E-state index in [-0.39, 0.29) is 0 Å². The van der Waals surface area contributed by atoms with Crippen molar-refractivity contribution >= 4 is 53.9 Å². The Morgan fingerprint density at radius 1 is 0.214 bits per heavy atom. The van der Waals surface area contributed by atoms with Crippen LogP contribution in [0.25, 0.3) is 87.2 Å². The fourth-order valence-corrected chi connectivity index (χ4v) is 7.31. The molecule has 0 aliphatic heterocycles. The molecule has 0 aromatic heterocycles. The van der Waals surface area contributed by atoms with Gasteiger partial charge in [0.1, 0.15) is 0 Å². The molecular weight excluding hydrogens is 504 g/mol. The van der Waals surface area contributed by atoms with Crippen LogP contribution in [0.3, 0.4) is 0 Å². The summed E-state index contributed by atoms with van der Waals surface area (Å²) in [6, 6.07) is 57.8. The summed E-state index contributed by atoms with van der Waals surface area (Å²) in [5.41, 5.74) is 7.61. The number of hydrogen-bond donors (Lipinski definition) is 0. The first kappa shape index (κ1) is 23.3. The summed E-state index contributed by atoms with van der Waals surface area (Å²) in [7, 11) is 0. The van der Waals surface area contributed by atoms with Crippen molar-refractivity contribution in [3.63, 3.8) is 0 Å². The van der Waals surface area contributed by atoms with Crippen LogP contribution in [-0.2, 0) is 0 Å². The minimum absolute atomic E-state index is 1.24. The van der Waals surface area contributed by atoms with Crippen molar-refractivity contribution < 1.29 is 0 Å². The SMILES string of the molecule is c1ccc(-c2ccccc2-c2ccc3c4c2cccc4c2cccc4c(-c5ccccc5)c5ccccc5c3c42)cc1. The van der Waals surface area contributed by atoms with Gasteiger partial charge in [0, 0.05) is 0 Å². The second-order valence-corrected chi connectivity index (χ2v) is 11.2. The first-order valence-electron chi connectivity index (χ1n) is 14.6. The molecule has 0 unspecified atom stereocenters. The maximum atomic E-state index is 2.38. The maximum Gasteiger partial charge on any atom is -0.00137 e. The lowest BCUT2D eigenvalue weighted by Crippen LogP contribution is -1.93. The summed E-state index contributed by atoms with van der Waals surface area (Å²) >= 11 is 0. The van der Waals surface area contributed by atoms with Gasteiger partial charge in [0.05, 0.1) is 0 Å². The Hall–Kier alpha value is -5.46.